The zero-order valence-corrected chi connectivity index (χ0v) is 23.2. The molecule has 36 heavy (non-hydrogen) atoms. The predicted octanol–water partition coefficient (Wildman–Crippen LogP) is 7.23. The van der Waals surface area contributed by atoms with E-state index in [1.807, 2.05) is 31.2 Å². The van der Waals surface area contributed by atoms with Crippen molar-refractivity contribution in [1.29, 1.82) is 0 Å². The van der Waals surface area contributed by atoms with Crippen LogP contribution in [-0.2, 0) is 20.0 Å². The highest BCUT2D eigenvalue weighted by atomic mass is 32.2. The van der Waals surface area contributed by atoms with Crippen LogP contribution in [0.5, 0.6) is 5.75 Å². The molecule has 0 saturated heterocycles. The van der Waals surface area contributed by atoms with Crippen LogP contribution in [0.2, 0.25) is 0 Å². The lowest BCUT2D eigenvalue weighted by Gasteiger charge is -2.26. The third-order valence-corrected chi connectivity index (χ3v) is 8.84. The van der Waals surface area contributed by atoms with Gasteiger partial charge in [-0.1, -0.05) is 64.7 Å². The Morgan fingerprint density at radius 2 is 1.75 bits per heavy atom. The van der Waals surface area contributed by atoms with Crippen LogP contribution in [0.4, 0.5) is 0 Å². The van der Waals surface area contributed by atoms with Crippen LogP contribution in [0.1, 0.15) is 99.7 Å². The summed E-state index contributed by atoms with van der Waals surface area (Å²) in [6, 6.07) is 11.0. The fraction of sp³-hybridized carbons (Fsp3) is 0.500. The zero-order chi connectivity index (χ0) is 26.3. The van der Waals surface area contributed by atoms with Crippen LogP contribution < -0.4 is 4.74 Å². The average Bonchev–Trinajstić information content (AvgIpc) is 2.93. The van der Waals surface area contributed by atoms with E-state index in [1.165, 1.54) is 26.4 Å². The van der Waals surface area contributed by atoms with Crippen LogP contribution in [0.3, 0.4) is 0 Å². The van der Waals surface area contributed by atoms with Gasteiger partial charge in [0.25, 0.3) is 0 Å². The molecular formula is C30H40O5S. The second-order valence-corrected chi connectivity index (χ2v) is 12.4. The SMILES string of the molecule is CCCCCCCOc1cc2c(cc1/C(C)=C/c1ccc(C(=O)OC)cc1)C(C)(C)CCCS2(=O)=O. The molecule has 6 heteroatoms. The molecular weight excluding hydrogens is 472 g/mol. The highest BCUT2D eigenvalue weighted by molar-refractivity contribution is 7.91. The molecule has 0 amide bonds. The van der Waals surface area contributed by atoms with Gasteiger partial charge in [0, 0.05) is 5.56 Å². The monoisotopic (exact) mass is 512 g/mol. The Bertz CT molecular complexity index is 1190. The molecule has 2 aromatic rings. The molecule has 1 heterocycles. The minimum atomic E-state index is -3.37. The molecule has 2 aromatic carbocycles. The number of hydrogen-bond acceptors (Lipinski definition) is 5. The van der Waals surface area contributed by atoms with Crippen LogP contribution in [0.15, 0.2) is 41.3 Å². The van der Waals surface area contributed by atoms with Crippen LogP contribution in [0, 0.1) is 0 Å². The molecule has 5 nitrogen and oxygen atoms in total. The Labute approximate surface area is 216 Å². The molecule has 0 atom stereocenters. The van der Waals surface area contributed by atoms with Crippen molar-refractivity contribution in [1.82, 2.24) is 0 Å². The van der Waals surface area contributed by atoms with E-state index < -0.39 is 9.84 Å². The molecule has 0 aliphatic carbocycles. The van der Waals surface area contributed by atoms with Crippen molar-refractivity contribution in [2.45, 2.75) is 83.0 Å². The zero-order valence-electron chi connectivity index (χ0n) is 22.4. The van der Waals surface area contributed by atoms with E-state index >= 15 is 0 Å². The van der Waals surface area contributed by atoms with Crippen molar-refractivity contribution >= 4 is 27.5 Å². The Balaban J connectivity index is 2.02. The summed E-state index contributed by atoms with van der Waals surface area (Å²) in [6.45, 7) is 9.01. The lowest BCUT2D eigenvalue weighted by Crippen LogP contribution is -2.18. The number of carbonyl (C=O) groups excluding carboxylic acids is 1. The molecule has 0 unspecified atom stereocenters. The molecule has 0 spiro atoms. The quantitative estimate of drug-likeness (QED) is 0.191. The molecule has 0 radical (unpaired) electrons. The molecule has 0 aromatic heterocycles. The number of unbranched alkanes of at least 4 members (excludes halogenated alkanes) is 4. The number of hydrogen-bond donors (Lipinski definition) is 0. The van der Waals surface area contributed by atoms with Crippen molar-refractivity contribution < 1.29 is 22.7 Å². The minimum Gasteiger partial charge on any atom is -0.493 e. The fourth-order valence-corrected chi connectivity index (χ4v) is 6.47. The van der Waals surface area contributed by atoms with E-state index in [9.17, 15) is 13.2 Å². The molecule has 3 rings (SSSR count). The Hall–Kier alpha value is -2.60. The lowest BCUT2D eigenvalue weighted by atomic mass is 9.79. The van der Waals surface area contributed by atoms with E-state index in [-0.39, 0.29) is 17.1 Å². The third-order valence-electron chi connectivity index (χ3n) is 7.01. The van der Waals surface area contributed by atoms with Crippen molar-refractivity contribution in [3.05, 3.63) is 58.7 Å². The highest BCUT2D eigenvalue weighted by Crippen LogP contribution is 2.42. The van der Waals surface area contributed by atoms with Crippen molar-refractivity contribution in [3.8, 4) is 5.75 Å². The van der Waals surface area contributed by atoms with Gasteiger partial charge in [-0.2, -0.15) is 0 Å². The molecule has 0 bridgehead atoms. The van der Waals surface area contributed by atoms with E-state index in [0.717, 1.165) is 41.5 Å². The van der Waals surface area contributed by atoms with E-state index in [0.29, 0.717) is 29.2 Å². The van der Waals surface area contributed by atoms with Crippen molar-refractivity contribution in [3.63, 3.8) is 0 Å². The van der Waals surface area contributed by atoms with Crippen molar-refractivity contribution in [2.24, 2.45) is 0 Å². The molecule has 0 fully saturated rings. The summed E-state index contributed by atoms with van der Waals surface area (Å²) < 4.78 is 37.3. The second kappa shape index (κ2) is 12.1. The minimum absolute atomic E-state index is 0.167. The number of fused-ring (bicyclic) bond motifs is 1. The number of ether oxygens (including phenoxy) is 2. The first kappa shape index (κ1) is 28.0. The standard InChI is InChI=1S/C30H40O5S/c1-6-7-8-9-10-17-35-27-21-28-26(30(3,4)16-11-18-36(28,32)33)20-25(27)22(2)19-23-12-14-24(15-13-23)29(31)34-5/h12-15,19-21H,6-11,16-18H2,1-5H3/b22-19+. The van der Waals surface area contributed by atoms with Gasteiger partial charge < -0.3 is 9.47 Å². The van der Waals surface area contributed by atoms with Gasteiger partial charge >= 0.3 is 5.97 Å². The van der Waals surface area contributed by atoms with Crippen LogP contribution in [-0.4, -0.2) is 33.9 Å². The van der Waals surface area contributed by atoms with E-state index in [2.05, 4.69) is 20.8 Å². The number of allylic oxidation sites excluding steroid dienone is 1. The lowest BCUT2D eigenvalue weighted by molar-refractivity contribution is 0.0600. The Morgan fingerprint density at radius 1 is 1.06 bits per heavy atom. The predicted molar refractivity (Wildman–Crippen MR) is 146 cm³/mol. The number of benzene rings is 2. The molecule has 196 valence electrons. The van der Waals surface area contributed by atoms with Crippen molar-refractivity contribution in [2.75, 3.05) is 19.5 Å². The first-order valence-electron chi connectivity index (χ1n) is 13.0. The highest BCUT2D eigenvalue weighted by Gasteiger charge is 2.34. The van der Waals surface area contributed by atoms with Gasteiger partial charge in [0.05, 0.1) is 29.9 Å². The third kappa shape index (κ3) is 6.78. The van der Waals surface area contributed by atoms with E-state index in [1.54, 1.807) is 18.2 Å². The molecule has 1 aliphatic rings. The largest absolute Gasteiger partial charge is 0.493 e. The Kier molecular flexibility index (Phi) is 9.40. The number of rotatable bonds is 10. The summed E-state index contributed by atoms with van der Waals surface area (Å²) in [5.41, 5.74) is 3.92. The Morgan fingerprint density at radius 3 is 2.42 bits per heavy atom. The van der Waals surface area contributed by atoms with Gasteiger partial charge in [-0.25, -0.2) is 13.2 Å². The average molecular weight is 513 g/mol. The van der Waals surface area contributed by atoms with Gasteiger partial charge in [-0.15, -0.1) is 0 Å². The topological polar surface area (TPSA) is 69.7 Å². The van der Waals surface area contributed by atoms with Gasteiger partial charge in [0.15, 0.2) is 9.84 Å². The smallest absolute Gasteiger partial charge is 0.337 e. The number of carbonyl (C=O) groups is 1. The summed E-state index contributed by atoms with van der Waals surface area (Å²) in [5.74, 6) is 0.414. The number of sulfone groups is 1. The first-order valence-corrected chi connectivity index (χ1v) is 14.7. The molecule has 0 saturated carbocycles. The van der Waals surface area contributed by atoms with Gasteiger partial charge in [-0.3, -0.25) is 0 Å². The van der Waals surface area contributed by atoms with Gasteiger partial charge in [0.2, 0.25) is 0 Å². The van der Waals surface area contributed by atoms with Gasteiger partial charge in [-0.05, 0) is 72.6 Å². The first-order chi connectivity index (χ1) is 17.1. The van der Waals surface area contributed by atoms with Crippen LogP contribution >= 0.6 is 0 Å². The maximum absolute atomic E-state index is 13.2. The fourth-order valence-electron chi connectivity index (χ4n) is 4.77. The second-order valence-electron chi connectivity index (χ2n) is 10.4. The summed E-state index contributed by atoms with van der Waals surface area (Å²) >= 11 is 0. The summed E-state index contributed by atoms with van der Waals surface area (Å²) in [6.07, 6.45) is 9.12. The maximum atomic E-state index is 13.2. The van der Waals surface area contributed by atoms with Gasteiger partial charge in [0.1, 0.15) is 5.75 Å². The maximum Gasteiger partial charge on any atom is 0.337 e. The van der Waals surface area contributed by atoms with Crippen LogP contribution in [0.25, 0.3) is 11.6 Å². The summed E-state index contributed by atoms with van der Waals surface area (Å²) in [4.78, 5) is 12.2. The molecule has 1 aliphatic heterocycles. The summed E-state index contributed by atoms with van der Waals surface area (Å²) in [5, 5.41) is 0. The summed E-state index contributed by atoms with van der Waals surface area (Å²) in [7, 11) is -2.01. The normalized spacial score (nSPS) is 16.6. The number of methoxy groups -OCH3 is 1. The van der Waals surface area contributed by atoms with E-state index in [4.69, 9.17) is 9.47 Å². The number of esters is 1. The molecule has 0 N–H and O–H groups in total.